The van der Waals surface area contributed by atoms with Crippen LogP contribution in [0.2, 0.25) is 10.0 Å². The predicted molar refractivity (Wildman–Crippen MR) is 105 cm³/mol. The second kappa shape index (κ2) is 8.89. The number of rotatable bonds is 7. The fourth-order valence-electron chi connectivity index (χ4n) is 2.02. The molecule has 0 radical (unpaired) electrons. The summed E-state index contributed by atoms with van der Waals surface area (Å²) in [7, 11) is 0. The van der Waals surface area contributed by atoms with E-state index in [2.05, 4.69) is 15.9 Å². The Bertz CT molecular complexity index is 793. The molecule has 138 valence electrons. The zero-order valence-electron chi connectivity index (χ0n) is 14.2. The molecule has 0 aliphatic rings. The number of alkyl halides is 1. The first-order valence-electron chi connectivity index (χ1n) is 7.73. The summed E-state index contributed by atoms with van der Waals surface area (Å²) in [4.78, 5) is 24.7. The van der Waals surface area contributed by atoms with Crippen LogP contribution in [-0.4, -0.2) is 23.4 Å². The summed E-state index contributed by atoms with van der Waals surface area (Å²) < 4.78 is 10.8. The van der Waals surface area contributed by atoms with E-state index in [1.54, 1.807) is 56.3 Å². The van der Waals surface area contributed by atoms with Crippen molar-refractivity contribution in [2.75, 3.05) is 6.61 Å². The molecule has 0 aromatic heterocycles. The third-order valence-corrected chi connectivity index (χ3v) is 4.70. The van der Waals surface area contributed by atoms with Crippen molar-refractivity contribution in [3.8, 4) is 5.75 Å². The van der Waals surface area contributed by atoms with Crippen LogP contribution in [0.3, 0.4) is 0 Å². The monoisotopic (exact) mass is 458 g/mol. The lowest BCUT2D eigenvalue weighted by Gasteiger charge is -2.25. The summed E-state index contributed by atoms with van der Waals surface area (Å²) in [6.07, 6.45) is 0. The maximum atomic E-state index is 12.7. The first-order chi connectivity index (χ1) is 12.2. The third-order valence-electron chi connectivity index (χ3n) is 3.57. The molecule has 0 saturated carbocycles. The van der Waals surface area contributed by atoms with Crippen LogP contribution in [0.1, 0.15) is 24.2 Å². The molecule has 0 aliphatic heterocycles. The maximum absolute atomic E-state index is 12.7. The van der Waals surface area contributed by atoms with Gasteiger partial charge >= 0.3 is 5.97 Å². The molecule has 0 spiro atoms. The van der Waals surface area contributed by atoms with Crippen LogP contribution in [0.25, 0.3) is 0 Å². The van der Waals surface area contributed by atoms with E-state index < -0.39 is 16.4 Å². The van der Waals surface area contributed by atoms with Crippen LogP contribution in [-0.2, 0) is 9.53 Å². The minimum absolute atomic E-state index is 0.0840. The predicted octanol–water partition coefficient (Wildman–Crippen LogP) is 5.55. The molecule has 7 heteroatoms. The highest BCUT2D eigenvalue weighted by Crippen LogP contribution is 2.31. The van der Waals surface area contributed by atoms with Gasteiger partial charge in [-0.05, 0) is 60.1 Å². The number of carbonyl (C=O) groups excluding carboxylic acids is 2. The van der Waals surface area contributed by atoms with Crippen molar-refractivity contribution >= 4 is 50.9 Å². The highest BCUT2D eigenvalue weighted by atomic mass is 79.9. The van der Waals surface area contributed by atoms with Crippen LogP contribution in [0.5, 0.6) is 5.75 Å². The highest BCUT2D eigenvalue weighted by molar-refractivity contribution is 9.09. The van der Waals surface area contributed by atoms with E-state index in [0.29, 0.717) is 21.4 Å². The zero-order valence-corrected chi connectivity index (χ0v) is 17.3. The van der Waals surface area contributed by atoms with Crippen molar-refractivity contribution in [2.24, 2.45) is 5.41 Å². The fourth-order valence-corrected chi connectivity index (χ4v) is 3.29. The minimum Gasteiger partial charge on any atom is -0.470 e. The molecule has 4 nitrogen and oxygen atoms in total. The average Bonchev–Trinajstić information content (AvgIpc) is 2.62. The van der Waals surface area contributed by atoms with Crippen molar-refractivity contribution < 1.29 is 19.1 Å². The van der Waals surface area contributed by atoms with E-state index in [4.69, 9.17) is 32.7 Å². The van der Waals surface area contributed by atoms with Gasteiger partial charge in [0.15, 0.2) is 5.78 Å². The second-order valence-electron chi connectivity index (χ2n) is 6.20. The van der Waals surface area contributed by atoms with E-state index in [9.17, 15) is 9.59 Å². The molecule has 1 atom stereocenters. The number of hydrogen-bond donors (Lipinski definition) is 0. The maximum Gasteiger partial charge on any atom is 0.338 e. The lowest BCUT2D eigenvalue weighted by Crippen LogP contribution is -2.38. The van der Waals surface area contributed by atoms with Gasteiger partial charge < -0.3 is 9.47 Å². The lowest BCUT2D eigenvalue weighted by atomic mass is 9.89. The number of hydrogen-bond acceptors (Lipinski definition) is 4. The third kappa shape index (κ3) is 5.47. The molecule has 0 amide bonds. The normalized spacial score (nSPS) is 12.3. The Labute approximate surface area is 170 Å². The topological polar surface area (TPSA) is 52.6 Å². The molecule has 2 rings (SSSR count). The van der Waals surface area contributed by atoms with Crippen LogP contribution in [0.15, 0.2) is 48.5 Å². The summed E-state index contributed by atoms with van der Waals surface area (Å²) in [5, 5.41) is -0.192. The Kier molecular flexibility index (Phi) is 7.09. The van der Waals surface area contributed by atoms with Crippen LogP contribution in [0, 0.1) is 5.41 Å². The number of esters is 1. The molecule has 2 aromatic carbocycles. The molecular formula is C19H17BrCl2O4. The Hall–Kier alpha value is -1.56. The van der Waals surface area contributed by atoms with E-state index in [1.165, 1.54) is 6.07 Å². The van der Waals surface area contributed by atoms with Crippen LogP contribution in [0.4, 0.5) is 0 Å². The van der Waals surface area contributed by atoms with Gasteiger partial charge in [0.2, 0.25) is 5.01 Å². The van der Waals surface area contributed by atoms with Crippen molar-refractivity contribution in [1.82, 2.24) is 0 Å². The SMILES string of the molecule is CC(C)(COC(=O)c1ccccc1)C(=O)C(Br)Oc1ccc(Cl)cc1Cl. The van der Waals surface area contributed by atoms with Gasteiger partial charge in [-0.25, -0.2) is 4.79 Å². The van der Waals surface area contributed by atoms with Gasteiger partial charge in [0.1, 0.15) is 12.4 Å². The number of halogens is 3. The van der Waals surface area contributed by atoms with E-state index in [0.717, 1.165) is 0 Å². The Balaban J connectivity index is 1.98. The Morgan fingerprint density at radius 3 is 2.38 bits per heavy atom. The van der Waals surface area contributed by atoms with Gasteiger partial charge in [-0.2, -0.15) is 0 Å². The van der Waals surface area contributed by atoms with E-state index >= 15 is 0 Å². The van der Waals surface area contributed by atoms with Crippen molar-refractivity contribution in [3.05, 3.63) is 64.1 Å². The second-order valence-corrected chi connectivity index (χ2v) is 7.87. The molecule has 0 aliphatic carbocycles. The number of ketones is 1. The molecule has 1 unspecified atom stereocenters. The van der Waals surface area contributed by atoms with Gasteiger partial charge in [-0.15, -0.1) is 0 Å². The Morgan fingerprint density at radius 1 is 1.12 bits per heavy atom. The zero-order chi connectivity index (χ0) is 19.3. The molecule has 26 heavy (non-hydrogen) atoms. The van der Waals surface area contributed by atoms with Gasteiger partial charge in [-0.3, -0.25) is 4.79 Å². The quantitative estimate of drug-likeness (QED) is 0.402. The molecular weight excluding hydrogens is 443 g/mol. The van der Waals surface area contributed by atoms with Crippen LogP contribution < -0.4 is 4.74 Å². The first kappa shape index (κ1) is 20.7. The molecule has 0 N–H and O–H groups in total. The van der Waals surface area contributed by atoms with Gasteiger partial charge in [0, 0.05) is 5.02 Å². The van der Waals surface area contributed by atoms with Gasteiger partial charge in [-0.1, -0.05) is 41.4 Å². The molecule has 0 heterocycles. The summed E-state index contributed by atoms with van der Waals surface area (Å²) in [6.45, 7) is 3.27. The molecule has 2 aromatic rings. The summed E-state index contributed by atoms with van der Waals surface area (Å²) in [5.74, 6) is -0.452. The summed E-state index contributed by atoms with van der Waals surface area (Å²) in [5.41, 5.74) is -0.535. The largest absolute Gasteiger partial charge is 0.470 e. The average molecular weight is 460 g/mol. The number of ether oxygens (including phenoxy) is 2. The number of carbonyl (C=O) groups is 2. The Morgan fingerprint density at radius 2 is 1.77 bits per heavy atom. The summed E-state index contributed by atoms with van der Waals surface area (Å²) >= 11 is 15.1. The van der Waals surface area contributed by atoms with Crippen molar-refractivity contribution in [1.29, 1.82) is 0 Å². The minimum atomic E-state index is -0.961. The van der Waals surface area contributed by atoms with E-state index in [1.807, 2.05) is 0 Å². The highest BCUT2D eigenvalue weighted by Gasteiger charge is 2.35. The van der Waals surface area contributed by atoms with Gasteiger partial charge in [0.25, 0.3) is 0 Å². The lowest BCUT2D eigenvalue weighted by molar-refractivity contribution is -0.132. The fraction of sp³-hybridized carbons (Fsp3) is 0.263. The number of Topliss-reactive ketones (excluding diaryl/α,β-unsaturated/α-hetero) is 1. The van der Waals surface area contributed by atoms with Crippen LogP contribution >= 0.6 is 39.1 Å². The van der Waals surface area contributed by atoms with E-state index in [-0.39, 0.29) is 12.4 Å². The van der Waals surface area contributed by atoms with Crippen molar-refractivity contribution in [3.63, 3.8) is 0 Å². The number of benzene rings is 2. The van der Waals surface area contributed by atoms with Gasteiger partial charge in [0.05, 0.1) is 16.0 Å². The smallest absolute Gasteiger partial charge is 0.338 e. The molecule has 0 fully saturated rings. The standard InChI is InChI=1S/C19H17BrCl2O4/c1-19(2,11-25-18(24)12-6-4-3-5-7-12)16(23)17(20)26-15-9-8-13(21)10-14(15)22/h3-10,17H,11H2,1-2H3. The summed E-state index contributed by atoms with van der Waals surface area (Å²) in [6, 6.07) is 13.3. The molecule has 0 bridgehead atoms. The first-order valence-corrected chi connectivity index (χ1v) is 9.40. The van der Waals surface area contributed by atoms with Crippen molar-refractivity contribution in [2.45, 2.75) is 18.9 Å². The molecule has 0 saturated heterocycles.